The van der Waals surface area contributed by atoms with Crippen molar-refractivity contribution >= 4 is 5.91 Å². The molecule has 0 spiro atoms. The number of carbonyl (C=O) groups excluding carboxylic acids is 1. The third kappa shape index (κ3) is 3.21. The van der Waals surface area contributed by atoms with Crippen molar-refractivity contribution in [2.75, 3.05) is 13.6 Å². The zero-order valence-corrected chi connectivity index (χ0v) is 11.2. The number of rotatable bonds is 3. The van der Waals surface area contributed by atoms with E-state index in [1.807, 2.05) is 11.9 Å². The number of hydrogen-bond acceptors (Lipinski definition) is 2. The maximum atomic E-state index is 11.9. The first-order chi connectivity index (χ1) is 8.18. The Morgan fingerprint density at radius 2 is 1.82 bits per heavy atom. The molecule has 0 aromatic rings. The Bertz CT molecular complexity index is 259. The van der Waals surface area contributed by atoms with Gasteiger partial charge >= 0.3 is 0 Å². The van der Waals surface area contributed by atoms with Crippen LogP contribution in [-0.2, 0) is 4.79 Å². The van der Waals surface area contributed by atoms with Crippen molar-refractivity contribution in [3.8, 4) is 0 Å². The Hall–Kier alpha value is -0.570. The number of likely N-dealkylation sites (tertiary alicyclic amines) is 1. The molecule has 3 nitrogen and oxygen atoms in total. The average Bonchev–Trinajstić information content (AvgIpc) is 2.59. The summed E-state index contributed by atoms with van der Waals surface area (Å²) in [7, 11) is 1.90. The van der Waals surface area contributed by atoms with Crippen molar-refractivity contribution in [3.63, 3.8) is 0 Å². The van der Waals surface area contributed by atoms with Gasteiger partial charge in [-0.25, -0.2) is 0 Å². The Balaban J connectivity index is 1.83. The summed E-state index contributed by atoms with van der Waals surface area (Å²) in [6.45, 7) is 3.18. The maximum Gasteiger partial charge on any atom is 0.239 e. The van der Waals surface area contributed by atoms with Crippen molar-refractivity contribution < 1.29 is 4.79 Å². The highest BCUT2D eigenvalue weighted by Crippen LogP contribution is 2.26. The van der Waals surface area contributed by atoms with E-state index < -0.39 is 0 Å². The molecular weight excluding hydrogens is 212 g/mol. The number of amides is 1. The quantitative estimate of drug-likeness (QED) is 0.764. The molecule has 0 bridgehead atoms. The van der Waals surface area contributed by atoms with E-state index in [0.29, 0.717) is 6.04 Å². The molecule has 0 radical (unpaired) electrons. The van der Waals surface area contributed by atoms with Crippen molar-refractivity contribution in [2.24, 2.45) is 5.92 Å². The lowest BCUT2D eigenvalue weighted by Crippen LogP contribution is -2.44. The SMILES string of the molecule is C[C@@H](NC1CCN(C)C1=O)C1CCCCCC1. The molecule has 0 aromatic heterocycles. The van der Waals surface area contributed by atoms with Gasteiger partial charge in [0.15, 0.2) is 0 Å². The summed E-state index contributed by atoms with van der Waals surface area (Å²) in [5, 5.41) is 3.57. The maximum absolute atomic E-state index is 11.9. The Kier molecular flexibility index (Phi) is 4.43. The first kappa shape index (κ1) is 12.9. The monoisotopic (exact) mass is 238 g/mol. The predicted octanol–water partition coefficient (Wildman–Crippen LogP) is 2.17. The molecule has 1 heterocycles. The Morgan fingerprint density at radius 3 is 2.35 bits per heavy atom. The fourth-order valence-electron chi connectivity index (χ4n) is 3.24. The minimum Gasteiger partial charge on any atom is -0.344 e. The van der Waals surface area contributed by atoms with Gasteiger partial charge in [0.05, 0.1) is 6.04 Å². The summed E-state index contributed by atoms with van der Waals surface area (Å²) in [6, 6.07) is 0.576. The fraction of sp³-hybridized carbons (Fsp3) is 0.929. The summed E-state index contributed by atoms with van der Waals surface area (Å²) >= 11 is 0. The minimum atomic E-state index is 0.0817. The van der Waals surface area contributed by atoms with E-state index in [2.05, 4.69) is 12.2 Å². The molecule has 2 rings (SSSR count). The number of hydrogen-bond donors (Lipinski definition) is 1. The van der Waals surface area contributed by atoms with E-state index in [-0.39, 0.29) is 11.9 Å². The minimum absolute atomic E-state index is 0.0817. The van der Waals surface area contributed by atoms with Crippen LogP contribution in [0.25, 0.3) is 0 Å². The summed E-state index contributed by atoms with van der Waals surface area (Å²) in [6.07, 6.45) is 9.19. The predicted molar refractivity (Wildman–Crippen MR) is 69.8 cm³/mol. The van der Waals surface area contributed by atoms with Crippen LogP contribution in [0.4, 0.5) is 0 Å². The van der Waals surface area contributed by atoms with Gasteiger partial charge in [0, 0.05) is 19.6 Å². The van der Waals surface area contributed by atoms with Crippen LogP contribution in [-0.4, -0.2) is 36.5 Å². The van der Waals surface area contributed by atoms with Crippen LogP contribution >= 0.6 is 0 Å². The van der Waals surface area contributed by atoms with Crippen LogP contribution in [0.15, 0.2) is 0 Å². The van der Waals surface area contributed by atoms with Crippen LogP contribution in [0.3, 0.4) is 0 Å². The lowest BCUT2D eigenvalue weighted by molar-refractivity contribution is -0.128. The summed E-state index contributed by atoms with van der Waals surface area (Å²) in [5.74, 6) is 1.06. The first-order valence-electron chi connectivity index (χ1n) is 7.19. The Labute approximate surface area is 105 Å². The second-order valence-corrected chi connectivity index (χ2v) is 5.81. The zero-order chi connectivity index (χ0) is 12.3. The molecule has 3 heteroatoms. The van der Waals surface area contributed by atoms with Crippen LogP contribution in [0.1, 0.15) is 51.9 Å². The van der Waals surface area contributed by atoms with Gasteiger partial charge in [-0.15, -0.1) is 0 Å². The van der Waals surface area contributed by atoms with E-state index in [4.69, 9.17) is 0 Å². The first-order valence-corrected chi connectivity index (χ1v) is 7.19. The standard InChI is InChI=1S/C14H26N2O/c1-11(12-7-5-3-4-6-8-12)15-13-9-10-16(2)14(13)17/h11-13,15H,3-10H2,1-2H3/t11-,13?/m1/s1. The number of likely N-dealkylation sites (N-methyl/N-ethyl adjacent to an activating group) is 1. The molecule has 1 unspecified atom stereocenters. The van der Waals surface area contributed by atoms with Crippen molar-refractivity contribution in [1.82, 2.24) is 10.2 Å². The largest absolute Gasteiger partial charge is 0.344 e. The third-order valence-corrected chi connectivity index (χ3v) is 4.50. The molecule has 1 amide bonds. The van der Waals surface area contributed by atoms with Crippen molar-refractivity contribution in [1.29, 1.82) is 0 Å². The van der Waals surface area contributed by atoms with Crippen LogP contribution in [0.5, 0.6) is 0 Å². The second-order valence-electron chi connectivity index (χ2n) is 5.81. The van der Waals surface area contributed by atoms with Crippen LogP contribution < -0.4 is 5.32 Å². The molecule has 17 heavy (non-hydrogen) atoms. The molecule has 2 atom stereocenters. The van der Waals surface area contributed by atoms with Gasteiger partial charge in [-0.1, -0.05) is 25.7 Å². The highest BCUT2D eigenvalue weighted by molar-refractivity contribution is 5.83. The zero-order valence-electron chi connectivity index (χ0n) is 11.2. The molecule has 1 N–H and O–H groups in total. The second kappa shape index (κ2) is 5.85. The molecule has 0 aromatic carbocycles. The Morgan fingerprint density at radius 1 is 1.18 bits per heavy atom. The van der Waals surface area contributed by atoms with Crippen LogP contribution in [0.2, 0.25) is 0 Å². The summed E-state index contributed by atoms with van der Waals surface area (Å²) in [4.78, 5) is 13.7. The van der Waals surface area contributed by atoms with E-state index in [0.717, 1.165) is 18.9 Å². The van der Waals surface area contributed by atoms with E-state index in [1.165, 1.54) is 38.5 Å². The molecule has 1 saturated carbocycles. The van der Waals surface area contributed by atoms with Gasteiger partial charge in [-0.3, -0.25) is 4.79 Å². The van der Waals surface area contributed by atoms with Crippen LogP contribution in [0, 0.1) is 5.92 Å². The highest BCUT2D eigenvalue weighted by atomic mass is 16.2. The average molecular weight is 238 g/mol. The van der Waals surface area contributed by atoms with E-state index in [1.54, 1.807) is 0 Å². The van der Waals surface area contributed by atoms with Crippen molar-refractivity contribution in [3.05, 3.63) is 0 Å². The topological polar surface area (TPSA) is 32.3 Å². The van der Waals surface area contributed by atoms with Gasteiger partial charge in [0.1, 0.15) is 0 Å². The number of carbonyl (C=O) groups is 1. The fourth-order valence-corrected chi connectivity index (χ4v) is 3.24. The smallest absolute Gasteiger partial charge is 0.239 e. The highest BCUT2D eigenvalue weighted by Gasteiger charge is 2.31. The van der Waals surface area contributed by atoms with Gasteiger partial charge < -0.3 is 10.2 Å². The van der Waals surface area contributed by atoms with Gasteiger partial charge in [0.2, 0.25) is 5.91 Å². The summed E-state index contributed by atoms with van der Waals surface area (Å²) in [5.41, 5.74) is 0. The molecule has 1 saturated heterocycles. The van der Waals surface area contributed by atoms with E-state index >= 15 is 0 Å². The number of nitrogens with one attached hydrogen (secondary N) is 1. The lowest BCUT2D eigenvalue weighted by atomic mass is 9.92. The third-order valence-electron chi connectivity index (χ3n) is 4.50. The normalized spacial score (nSPS) is 29.4. The van der Waals surface area contributed by atoms with Gasteiger partial charge in [0.25, 0.3) is 0 Å². The lowest BCUT2D eigenvalue weighted by Gasteiger charge is -2.26. The molecule has 1 aliphatic carbocycles. The molecule has 98 valence electrons. The molecule has 2 fully saturated rings. The van der Waals surface area contributed by atoms with Crippen molar-refractivity contribution in [2.45, 2.75) is 64.0 Å². The number of nitrogens with zero attached hydrogens (tertiary/aromatic N) is 1. The van der Waals surface area contributed by atoms with Gasteiger partial charge in [-0.05, 0) is 32.1 Å². The molecule has 2 aliphatic rings. The summed E-state index contributed by atoms with van der Waals surface area (Å²) < 4.78 is 0. The van der Waals surface area contributed by atoms with E-state index in [9.17, 15) is 4.79 Å². The molecule has 1 aliphatic heterocycles. The van der Waals surface area contributed by atoms with Gasteiger partial charge in [-0.2, -0.15) is 0 Å². The molecular formula is C14H26N2O.